The molecule has 110 valence electrons. The van der Waals surface area contributed by atoms with E-state index in [4.69, 9.17) is 0 Å². The van der Waals surface area contributed by atoms with E-state index in [9.17, 15) is 13.6 Å². The number of hydrogen-bond acceptors (Lipinski definition) is 2. The molecular weight excluding hydrogens is 342 g/mol. The maximum atomic E-state index is 13.0. The standard InChI is InChI=1S/C15H13BrF2N2O/c1-9-2-5-14(11(16)6-9)20-15(21)8-19-10-3-4-12(17)13(18)7-10/h2-7,19H,8H2,1H3,(H,20,21). The van der Waals surface area contributed by atoms with Crippen molar-refractivity contribution in [3.63, 3.8) is 0 Å². The fourth-order valence-electron chi connectivity index (χ4n) is 1.70. The van der Waals surface area contributed by atoms with Crippen LogP contribution in [-0.4, -0.2) is 12.5 Å². The largest absolute Gasteiger partial charge is 0.376 e. The van der Waals surface area contributed by atoms with E-state index < -0.39 is 11.6 Å². The van der Waals surface area contributed by atoms with Gasteiger partial charge in [0.05, 0.1) is 12.2 Å². The number of benzene rings is 2. The molecule has 0 bridgehead atoms. The number of nitrogens with one attached hydrogen (secondary N) is 2. The minimum atomic E-state index is -0.957. The van der Waals surface area contributed by atoms with Crippen molar-refractivity contribution in [2.75, 3.05) is 17.2 Å². The lowest BCUT2D eigenvalue weighted by molar-refractivity contribution is -0.114. The summed E-state index contributed by atoms with van der Waals surface area (Å²) in [5, 5.41) is 5.45. The van der Waals surface area contributed by atoms with Gasteiger partial charge < -0.3 is 10.6 Å². The molecule has 2 aromatic carbocycles. The Kier molecular flexibility index (Phi) is 4.90. The van der Waals surface area contributed by atoms with Gasteiger partial charge in [0.15, 0.2) is 11.6 Å². The van der Waals surface area contributed by atoms with Gasteiger partial charge in [0.25, 0.3) is 0 Å². The van der Waals surface area contributed by atoms with E-state index in [1.807, 2.05) is 19.1 Å². The van der Waals surface area contributed by atoms with Gasteiger partial charge in [-0.05, 0) is 52.7 Å². The van der Waals surface area contributed by atoms with Crippen molar-refractivity contribution in [3.8, 4) is 0 Å². The topological polar surface area (TPSA) is 41.1 Å². The summed E-state index contributed by atoms with van der Waals surface area (Å²) in [6.45, 7) is 1.90. The zero-order chi connectivity index (χ0) is 15.4. The lowest BCUT2D eigenvalue weighted by atomic mass is 10.2. The van der Waals surface area contributed by atoms with Gasteiger partial charge in [-0.25, -0.2) is 8.78 Å². The monoisotopic (exact) mass is 354 g/mol. The van der Waals surface area contributed by atoms with Crippen LogP contribution >= 0.6 is 15.9 Å². The van der Waals surface area contributed by atoms with E-state index in [0.717, 1.165) is 22.2 Å². The maximum Gasteiger partial charge on any atom is 0.243 e. The Labute approximate surface area is 129 Å². The molecule has 3 nitrogen and oxygen atoms in total. The normalized spacial score (nSPS) is 10.3. The van der Waals surface area contributed by atoms with E-state index in [1.165, 1.54) is 6.07 Å². The van der Waals surface area contributed by atoms with Gasteiger partial charge in [0, 0.05) is 16.2 Å². The van der Waals surface area contributed by atoms with Gasteiger partial charge >= 0.3 is 0 Å². The van der Waals surface area contributed by atoms with Gasteiger partial charge in [-0.15, -0.1) is 0 Å². The number of hydrogen-bond donors (Lipinski definition) is 2. The molecule has 2 N–H and O–H groups in total. The Morgan fingerprint density at radius 3 is 2.57 bits per heavy atom. The molecule has 0 aliphatic heterocycles. The van der Waals surface area contributed by atoms with Crippen molar-refractivity contribution in [2.45, 2.75) is 6.92 Å². The summed E-state index contributed by atoms with van der Waals surface area (Å²) in [6, 6.07) is 8.93. The van der Waals surface area contributed by atoms with Crippen LogP contribution in [0.5, 0.6) is 0 Å². The molecule has 0 saturated heterocycles. The van der Waals surface area contributed by atoms with E-state index in [1.54, 1.807) is 6.07 Å². The molecule has 0 saturated carbocycles. The second-order valence-corrected chi connectivity index (χ2v) is 5.37. The van der Waals surface area contributed by atoms with Crippen LogP contribution in [0.2, 0.25) is 0 Å². The fourth-order valence-corrected chi connectivity index (χ4v) is 2.30. The van der Waals surface area contributed by atoms with E-state index >= 15 is 0 Å². The highest BCUT2D eigenvalue weighted by molar-refractivity contribution is 9.10. The Morgan fingerprint density at radius 2 is 1.90 bits per heavy atom. The van der Waals surface area contributed by atoms with E-state index in [2.05, 4.69) is 26.6 Å². The molecule has 1 amide bonds. The van der Waals surface area contributed by atoms with Crippen molar-refractivity contribution >= 4 is 33.2 Å². The van der Waals surface area contributed by atoms with Gasteiger partial charge in [0.2, 0.25) is 5.91 Å². The van der Waals surface area contributed by atoms with Crippen LogP contribution < -0.4 is 10.6 Å². The molecule has 0 atom stereocenters. The van der Waals surface area contributed by atoms with Gasteiger partial charge in [-0.2, -0.15) is 0 Å². The lowest BCUT2D eigenvalue weighted by Crippen LogP contribution is -2.22. The molecule has 0 heterocycles. The first kappa shape index (κ1) is 15.4. The van der Waals surface area contributed by atoms with Crippen molar-refractivity contribution in [1.29, 1.82) is 0 Å². The van der Waals surface area contributed by atoms with Crippen LogP contribution in [0.25, 0.3) is 0 Å². The van der Waals surface area contributed by atoms with E-state index in [-0.39, 0.29) is 12.5 Å². The molecule has 0 aliphatic carbocycles. The fraction of sp³-hybridized carbons (Fsp3) is 0.133. The highest BCUT2D eigenvalue weighted by Gasteiger charge is 2.07. The van der Waals surface area contributed by atoms with Crippen molar-refractivity contribution in [1.82, 2.24) is 0 Å². The zero-order valence-corrected chi connectivity index (χ0v) is 12.8. The number of amides is 1. The van der Waals surface area contributed by atoms with Crippen LogP contribution in [0, 0.1) is 18.6 Å². The first-order valence-corrected chi connectivity index (χ1v) is 7.00. The molecule has 6 heteroatoms. The molecule has 2 rings (SSSR count). The van der Waals surface area contributed by atoms with Crippen LogP contribution in [-0.2, 0) is 4.79 Å². The maximum absolute atomic E-state index is 13.0. The van der Waals surface area contributed by atoms with Crippen LogP contribution in [0.15, 0.2) is 40.9 Å². The highest BCUT2D eigenvalue weighted by Crippen LogP contribution is 2.23. The summed E-state index contributed by atoms with van der Waals surface area (Å²) < 4.78 is 26.6. The summed E-state index contributed by atoms with van der Waals surface area (Å²) in [6.07, 6.45) is 0. The summed E-state index contributed by atoms with van der Waals surface area (Å²) in [4.78, 5) is 11.8. The Hall–Kier alpha value is -1.95. The number of rotatable bonds is 4. The smallest absolute Gasteiger partial charge is 0.243 e. The second-order valence-electron chi connectivity index (χ2n) is 4.51. The SMILES string of the molecule is Cc1ccc(NC(=O)CNc2ccc(F)c(F)c2)c(Br)c1. The highest BCUT2D eigenvalue weighted by atomic mass is 79.9. The molecule has 0 aromatic heterocycles. The number of carbonyl (C=O) groups excluding carboxylic acids is 1. The molecule has 0 fully saturated rings. The molecule has 21 heavy (non-hydrogen) atoms. The molecule has 0 spiro atoms. The molecule has 2 aromatic rings. The predicted molar refractivity (Wildman–Crippen MR) is 82.4 cm³/mol. The summed E-state index contributed by atoms with van der Waals surface area (Å²) in [5.74, 6) is -2.17. The lowest BCUT2D eigenvalue weighted by Gasteiger charge is -2.10. The van der Waals surface area contributed by atoms with Crippen LogP contribution in [0.4, 0.5) is 20.2 Å². The predicted octanol–water partition coefficient (Wildman–Crippen LogP) is 4.09. The first-order valence-electron chi connectivity index (χ1n) is 6.20. The van der Waals surface area contributed by atoms with Crippen molar-refractivity contribution < 1.29 is 13.6 Å². The van der Waals surface area contributed by atoms with Gasteiger partial charge in [0.1, 0.15) is 0 Å². The van der Waals surface area contributed by atoms with Crippen LogP contribution in [0.1, 0.15) is 5.56 Å². The summed E-state index contributed by atoms with van der Waals surface area (Å²) >= 11 is 3.36. The third-order valence-electron chi connectivity index (χ3n) is 2.77. The summed E-state index contributed by atoms with van der Waals surface area (Å²) in [7, 11) is 0. The number of anilines is 2. The number of halogens is 3. The van der Waals surface area contributed by atoms with Crippen molar-refractivity contribution in [2.24, 2.45) is 0 Å². The Morgan fingerprint density at radius 1 is 1.14 bits per heavy atom. The molecule has 0 unspecified atom stereocenters. The Balaban J connectivity index is 1.94. The van der Waals surface area contributed by atoms with E-state index in [0.29, 0.717) is 11.4 Å². The minimum Gasteiger partial charge on any atom is -0.376 e. The first-order chi connectivity index (χ1) is 9.95. The third-order valence-corrected chi connectivity index (χ3v) is 3.43. The molecular formula is C15H13BrF2N2O. The minimum absolute atomic E-state index is 0.0502. The van der Waals surface area contributed by atoms with Gasteiger partial charge in [-0.3, -0.25) is 4.79 Å². The van der Waals surface area contributed by atoms with Crippen LogP contribution in [0.3, 0.4) is 0 Å². The van der Waals surface area contributed by atoms with Gasteiger partial charge in [-0.1, -0.05) is 6.07 Å². The quantitative estimate of drug-likeness (QED) is 0.868. The third kappa shape index (κ3) is 4.26. The second kappa shape index (κ2) is 6.67. The number of carbonyl (C=O) groups is 1. The average Bonchev–Trinajstić information content (AvgIpc) is 2.43. The number of aryl methyl sites for hydroxylation is 1. The molecule has 0 radical (unpaired) electrons. The Bertz CT molecular complexity index is 677. The van der Waals surface area contributed by atoms with Crippen molar-refractivity contribution in [3.05, 3.63) is 58.1 Å². The zero-order valence-electron chi connectivity index (χ0n) is 11.2. The summed E-state index contributed by atoms with van der Waals surface area (Å²) in [5.41, 5.74) is 2.06. The average molecular weight is 355 g/mol. The molecule has 0 aliphatic rings.